The summed E-state index contributed by atoms with van der Waals surface area (Å²) in [6.45, 7) is 2.24. The Morgan fingerprint density at radius 3 is 2.11 bits per heavy atom. The molecule has 0 saturated carbocycles. The molecule has 0 spiro atoms. The molecule has 1 heterocycles. The van der Waals surface area contributed by atoms with Crippen molar-refractivity contribution < 1.29 is 14.3 Å². The van der Waals surface area contributed by atoms with Gasteiger partial charge in [0.1, 0.15) is 23.1 Å². The lowest BCUT2D eigenvalue weighted by Gasteiger charge is -2.37. The van der Waals surface area contributed by atoms with Crippen molar-refractivity contribution in [1.82, 2.24) is 9.80 Å². The number of nitriles is 1. The highest BCUT2D eigenvalue weighted by molar-refractivity contribution is 6.30. The van der Waals surface area contributed by atoms with Crippen molar-refractivity contribution in [2.75, 3.05) is 40.4 Å². The summed E-state index contributed by atoms with van der Waals surface area (Å²) in [5.74, 6) is 0.847. The van der Waals surface area contributed by atoms with Crippen LogP contribution in [-0.4, -0.2) is 56.1 Å². The van der Waals surface area contributed by atoms with E-state index in [0.29, 0.717) is 48.3 Å². The minimum absolute atomic E-state index is 0.131. The number of carbonyl (C=O) groups is 1. The molecule has 0 aromatic heterocycles. The monoisotopic (exact) mass is 399 g/mol. The summed E-state index contributed by atoms with van der Waals surface area (Å²) in [6.07, 6.45) is 0. The number of ether oxygens (including phenoxy) is 2. The van der Waals surface area contributed by atoms with Gasteiger partial charge in [-0.05, 0) is 29.8 Å². The Hall–Kier alpha value is -2.75. The Morgan fingerprint density at radius 1 is 1.04 bits per heavy atom. The summed E-state index contributed by atoms with van der Waals surface area (Å²) >= 11 is 5.95. The third-order valence-electron chi connectivity index (χ3n) is 4.92. The summed E-state index contributed by atoms with van der Waals surface area (Å²) < 4.78 is 10.7. The van der Waals surface area contributed by atoms with E-state index in [1.54, 1.807) is 35.2 Å². The fourth-order valence-corrected chi connectivity index (χ4v) is 3.54. The summed E-state index contributed by atoms with van der Waals surface area (Å²) in [5, 5.41) is 10.3. The van der Waals surface area contributed by atoms with Gasteiger partial charge in [0, 0.05) is 31.2 Å². The van der Waals surface area contributed by atoms with Crippen LogP contribution < -0.4 is 9.47 Å². The van der Waals surface area contributed by atoms with Gasteiger partial charge in [-0.25, -0.2) is 0 Å². The van der Waals surface area contributed by atoms with Crippen LogP contribution in [0.2, 0.25) is 5.02 Å². The molecule has 146 valence electrons. The van der Waals surface area contributed by atoms with E-state index in [-0.39, 0.29) is 11.9 Å². The summed E-state index contributed by atoms with van der Waals surface area (Å²) in [4.78, 5) is 16.9. The van der Waals surface area contributed by atoms with Gasteiger partial charge in [0.05, 0.1) is 20.3 Å². The number of methoxy groups -OCH3 is 2. The highest BCUT2D eigenvalue weighted by atomic mass is 35.5. The first-order valence-electron chi connectivity index (χ1n) is 8.98. The molecular formula is C21H22ClN3O3. The largest absolute Gasteiger partial charge is 0.496 e. The molecule has 1 atom stereocenters. The number of piperazine rings is 1. The van der Waals surface area contributed by atoms with Gasteiger partial charge in [-0.1, -0.05) is 29.8 Å². The SMILES string of the molecule is COc1cccc(OC)c1C(=O)N1CCN(C(C#N)c2ccc(Cl)cc2)CC1. The molecule has 28 heavy (non-hydrogen) atoms. The number of benzene rings is 2. The van der Waals surface area contributed by atoms with E-state index in [9.17, 15) is 10.1 Å². The van der Waals surface area contributed by atoms with Crippen molar-refractivity contribution in [1.29, 1.82) is 5.26 Å². The van der Waals surface area contributed by atoms with Crippen LogP contribution in [0.4, 0.5) is 0 Å². The van der Waals surface area contributed by atoms with E-state index >= 15 is 0 Å². The zero-order valence-corrected chi connectivity index (χ0v) is 16.6. The van der Waals surface area contributed by atoms with E-state index in [2.05, 4.69) is 11.0 Å². The Balaban J connectivity index is 1.72. The van der Waals surface area contributed by atoms with Crippen molar-refractivity contribution in [2.45, 2.75) is 6.04 Å². The average Bonchev–Trinajstić information content (AvgIpc) is 2.75. The normalized spacial score (nSPS) is 15.6. The lowest BCUT2D eigenvalue weighted by atomic mass is 10.1. The first kappa shape index (κ1) is 20.0. The molecule has 6 nitrogen and oxygen atoms in total. The van der Waals surface area contributed by atoms with Gasteiger partial charge in [0.25, 0.3) is 5.91 Å². The summed E-state index contributed by atoms with van der Waals surface area (Å²) in [7, 11) is 3.07. The maximum Gasteiger partial charge on any atom is 0.261 e. The summed E-state index contributed by atoms with van der Waals surface area (Å²) in [5.41, 5.74) is 1.33. The van der Waals surface area contributed by atoms with Crippen molar-refractivity contribution in [3.05, 3.63) is 58.6 Å². The molecule has 0 aliphatic carbocycles. The van der Waals surface area contributed by atoms with E-state index in [1.165, 1.54) is 14.2 Å². The molecule has 0 radical (unpaired) electrons. The van der Waals surface area contributed by atoms with Gasteiger partial charge >= 0.3 is 0 Å². The Bertz CT molecular complexity index is 849. The van der Waals surface area contributed by atoms with Crippen LogP contribution >= 0.6 is 11.6 Å². The van der Waals surface area contributed by atoms with E-state index in [1.807, 2.05) is 12.1 Å². The molecule has 3 rings (SSSR count). The van der Waals surface area contributed by atoms with Crippen LogP contribution in [0.3, 0.4) is 0 Å². The van der Waals surface area contributed by atoms with E-state index < -0.39 is 0 Å². The van der Waals surface area contributed by atoms with Crippen LogP contribution in [0.1, 0.15) is 22.0 Å². The molecule has 1 aliphatic rings. The second kappa shape index (κ2) is 8.96. The topological polar surface area (TPSA) is 65.8 Å². The zero-order valence-electron chi connectivity index (χ0n) is 15.9. The minimum atomic E-state index is -0.365. The molecule has 2 aromatic carbocycles. The van der Waals surface area contributed by atoms with Gasteiger partial charge in [0.15, 0.2) is 0 Å². The second-order valence-electron chi connectivity index (χ2n) is 6.45. The third-order valence-corrected chi connectivity index (χ3v) is 5.17. The molecular weight excluding hydrogens is 378 g/mol. The van der Waals surface area contributed by atoms with Crippen LogP contribution in [-0.2, 0) is 0 Å². The molecule has 7 heteroatoms. The van der Waals surface area contributed by atoms with Crippen LogP contribution in [0.25, 0.3) is 0 Å². The Labute approximate surface area is 169 Å². The lowest BCUT2D eigenvalue weighted by Crippen LogP contribution is -2.49. The number of halogens is 1. The number of rotatable bonds is 5. The van der Waals surface area contributed by atoms with Gasteiger partial charge in [0.2, 0.25) is 0 Å². The van der Waals surface area contributed by atoms with Gasteiger partial charge < -0.3 is 14.4 Å². The van der Waals surface area contributed by atoms with Crippen LogP contribution in [0.5, 0.6) is 11.5 Å². The molecule has 0 bridgehead atoms. The fraction of sp³-hybridized carbons (Fsp3) is 0.333. The summed E-state index contributed by atoms with van der Waals surface area (Å²) in [6, 6.07) is 14.6. The minimum Gasteiger partial charge on any atom is -0.496 e. The molecule has 2 aromatic rings. The fourth-order valence-electron chi connectivity index (χ4n) is 3.42. The van der Waals surface area contributed by atoms with E-state index in [0.717, 1.165) is 5.56 Å². The van der Waals surface area contributed by atoms with Crippen molar-refractivity contribution in [3.8, 4) is 17.6 Å². The highest BCUT2D eigenvalue weighted by Crippen LogP contribution is 2.30. The molecule has 1 aliphatic heterocycles. The standard InChI is InChI=1S/C21H22ClN3O3/c1-27-18-4-3-5-19(28-2)20(18)21(26)25-12-10-24(11-13-25)17(14-23)15-6-8-16(22)9-7-15/h3-9,17H,10-13H2,1-2H3. The van der Waals surface area contributed by atoms with E-state index in [4.69, 9.17) is 21.1 Å². The second-order valence-corrected chi connectivity index (χ2v) is 6.89. The van der Waals surface area contributed by atoms with Crippen molar-refractivity contribution in [2.24, 2.45) is 0 Å². The molecule has 0 N–H and O–H groups in total. The predicted molar refractivity (Wildman–Crippen MR) is 107 cm³/mol. The maximum atomic E-state index is 13.1. The number of carbonyl (C=O) groups excluding carboxylic acids is 1. The van der Waals surface area contributed by atoms with Gasteiger partial charge in [-0.2, -0.15) is 5.26 Å². The quantitative estimate of drug-likeness (QED) is 0.771. The van der Waals surface area contributed by atoms with Crippen LogP contribution in [0, 0.1) is 11.3 Å². The molecule has 1 fully saturated rings. The molecule has 1 saturated heterocycles. The number of nitrogens with zero attached hydrogens (tertiary/aromatic N) is 3. The zero-order chi connectivity index (χ0) is 20.1. The van der Waals surface area contributed by atoms with Crippen molar-refractivity contribution >= 4 is 17.5 Å². The Morgan fingerprint density at radius 2 is 1.61 bits per heavy atom. The average molecular weight is 400 g/mol. The van der Waals surface area contributed by atoms with Gasteiger partial charge in [-0.15, -0.1) is 0 Å². The first-order valence-corrected chi connectivity index (χ1v) is 9.36. The van der Waals surface area contributed by atoms with Crippen molar-refractivity contribution in [3.63, 3.8) is 0 Å². The number of hydrogen-bond donors (Lipinski definition) is 0. The smallest absolute Gasteiger partial charge is 0.261 e. The first-order chi connectivity index (χ1) is 13.6. The maximum absolute atomic E-state index is 13.1. The number of hydrogen-bond acceptors (Lipinski definition) is 5. The Kier molecular flexibility index (Phi) is 6.40. The predicted octanol–water partition coefficient (Wildman–Crippen LogP) is 3.38. The highest BCUT2D eigenvalue weighted by Gasteiger charge is 2.30. The number of amides is 1. The molecule has 1 amide bonds. The lowest BCUT2D eigenvalue weighted by molar-refractivity contribution is 0.0600. The third kappa shape index (κ3) is 4.06. The van der Waals surface area contributed by atoms with Gasteiger partial charge in [-0.3, -0.25) is 9.69 Å². The van der Waals surface area contributed by atoms with Crippen LogP contribution in [0.15, 0.2) is 42.5 Å². The molecule has 1 unspecified atom stereocenters.